The van der Waals surface area contributed by atoms with Crippen LogP contribution in [0.3, 0.4) is 0 Å². The third-order valence-electron chi connectivity index (χ3n) is 4.05. The Morgan fingerprint density at radius 3 is 1.19 bits per heavy atom. The lowest BCUT2D eigenvalue weighted by Gasteiger charge is -2.66. The molecule has 0 N–H and O–H groups in total. The lowest BCUT2D eigenvalue weighted by molar-refractivity contribution is -0.414. The van der Waals surface area contributed by atoms with Crippen molar-refractivity contribution in [1.82, 2.24) is 9.80 Å². The van der Waals surface area contributed by atoms with Gasteiger partial charge in [-0.3, -0.25) is 0 Å². The molecule has 0 aliphatic carbocycles. The molecule has 2 unspecified atom stereocenters. The van der Waals surface area contributed by atoms with Crippen molar-refractivity contribution >= 4 is 0 Å². The maximum Gasteiger partial charge on any atom is 0.323 e. The van der Waals surface area contributed by atoms with Crippen LogP contribution in [0.15, 0.2) is 0 Å². The normalized spacial score (nSPS) is 42.0. The molecule has 6 heteroatoms. The molecule has 3 heterocycles. The minimum absolute atomic E-state index is 0.0288. The number of rotatable bonds is 0. The summed E-state index contributed by atoms with van der Waals surface area (Å²) in [7, 11) is 0. The van der Waals surface area contributed by atoms with Crippen LogP contribution in [0.25, 0.3) is 0 Å². The van der Waals surface area contributed by atoms with Crippen LogP contribution >= 0.6 is 0 Å². The molecule has 3 fully saturated rings. The van der Waals surface area contributed by atoms with E-state index < -0.39 is 23.2 Å². The number of nitrogens with zero attached hydrogens (tertiary/aromatic N) is 2. The van der Waals surface area contributed by atoms with Crippen molar-refractivity contribution in [3.63, 3.8) is 0 Å². The van der Waals surface area contributed by atoms with E-state index in [1.54, 1.807) is 0 Å². The Labute approximate surface area is 92.2 Å². The molecular formula is C10H16F4N2. The fourth-order valence-corrected chi connectivity index (χ4v) is 2.73. The Kier molecular flexibility index (Phi) is 2.06. The van der Waals surface area contributed by atoms with E-state index in [9.17, 15) is 17.6 Å². The summed E-state index contributed by atoms with van der Waals surface area (Å²) in [5, 5.41) is 0. The van der Waals surface area contributed by atoms with Crippen LogP contribution in [0.5, 0.6) is 0 Å². The molecule has 0 aromatic rings. The smallest absolute Gasteiger partial charge is 0.229 e. The molecule has 2 atom stereocenters. The van der Waals surface area contributed by atoms with Crippen molar-refractivity contribution in [2.75, 3.05) is 13.1 Å². The van der Waals surface area contributed by atoms with E-state index in [-0.39, 0.29) is 13.1 Å². The highest BCUT2D eigenvalue weighted by Gasteiger charge is 2.76. The van der Waals surface area contributed by atoms with Crippen LogP contribution in [0.4, 0.5) is 17.6 Å². The van der Waals surface area contributed by atoms with Crippen LogP contribution in [0.1, 0.15) is 27.7 Å². The molecule has 0 aromatic carbocycles. The largest absolute Gasteiger partial charge is 0.323 e. The van der Waals surface area contributed by atoms with Gasteiger partial charge in [0.05, 0.1) is 11.1 Å². The van der Waals surface area contributed by atoms with Gasteiger partial charge >= 0.3 is 12.1 Å². The zero-order valence-corrected chi connectivity index (χ0v) is 9.82. The molecule has 0 aromatic heterocycles. The second kappa shape index (κ2) is 2.72. The molecule has 3 saturated heterocycles. The van der Waals surface area contributed by atoms with E-state index in [1.165, 1.54) is 27.7 Å². The summed E-state index contributed by atoms with van der Waals surface area (Å²) in [5.74, 6) is 0. The van der Waals surface area contributed by atoms with Crippen molar-refractivity contribution in [3.05, 3.63) is 0 Å². The van der Waals surface area contributed by atoms with Crippen LogP contribution in [0.2, 0.25) is 0 Å². The van der Waals surface area contributed by atoms with Gasteiger partial charge in [-0.15, -0.1) is 0 Å². The van der Waals surface area contributed by atoms with Gasteiger partial charge in [-0.2, -0.15) is 17.6 Å². The first-order valence-electron chi connectivity index (χ1n) is 5.28. The van der Waals surface area contributed by atoms with Crippen LogP contribution < -0.4 is 0 Å². The van der Waals surface area contributed by atoms with Crippen molar-refractivity contribution in [1.29, 1.82) is 0 Å². The SMILES string of the molecule is CC1(C)N2CCN(C(C)(C)C2(F)F)C1(F)F. The second-order valence-corrected chi connectivity index (χ2v) is 5.50. The molecule has 0 spiro atoms. The molecule has 16 heavy (non-hydrogen) atoms. The molecule has 94 valence electrons. The first kappa shape index (κ1) is 12.1. The molecule has 0 saturated carbocycles. The fourth-order valence-electron chi connectivity index (χ4n) is 2.73. The van der Waals surface area contributed by atoms with Crippen molar-refractivity contribution in [2.24, 2.45) is 0 Å². The first-order valence-corrected chi connectivity index (χ1v) is 5.28. The fraction of sp³-hybridized carbons (Fsp3) is 1.00. The van der Waals surface area contributed by atoms with Gasteiger partial charge in [0, 0.05) is 13.1 Å². The summed E-state index contributed by atoms with van der Waals surface area (Å²) in [5.41, 5.74) is -3.69. The predicted molar refractivity (Wildman–Crippen MR) is 51.5 cm³/mol. The lowest BCUT2D eigenvalue weighted by Crippen LogP contribution is -2.87. The number of fused-ring (bicyclic) bond motifs is 3. The average molecular weight is 240 g/mol. The standard InChI is InChI=1S/C10H16F4N2/c1-7(2)9(11,12)16-6-5-15(7)10(13,14)8(16,3)4/h5-6H2,1-4H3. The van der Waals surface area contributed by atoms with Gasteiger partial charge in [0.15, 0.2) is 0 Å². The Hall–Kier alpha value is -0.360. The lowest BCUT2D eigenvalue weighted by atomic mass is 9.81. The maximum absolute atomic E-state index is 14.1. The van der Waals surface area contributed by atoms with E-state index >= 15 is 0 Å². The van der Waals surface area contributed by atoms with Gasteiger partial charge in [0.1, 0.15) is 0 Å². The van der Waals surface area contributed by atoms with Crippen LogP contribution in [-0.2, 0) is 0 Å². The minimum Gasteiger partial charge on any atom is -0.229 e. The van der Waals surface area contributed by atoms with Gasteiger partial charge in [-0.25, -0.2) is 9.80 Å². The summed E-state index contributed by atoms with van der Waals surface area (Å²) in [4.78, 5) is 1.28. The van der Waals surface area contributed by atoms with E-state index in [0.717, 1.165) is 0 Å². The minimum atomic E-state index is -3.24. The van der Waals surface area contributed by atoms with Gasteiger partial charge in [-0.1, -0.05) is 0 Å². The van der Waals surface area contributed by atoms with Crippen LogP contribution in [0, 0.1) is 0 Å². The third kappa shape index (κ3) is 1.00. The Morgan fingerprint density at radius 2 is 0.938 bits per heavy atom. The van der Waals surface area contributed by atoms with Gasteiger partial charge in [0.2, 0.25) is 0 Å². The molecule has 3 rings (SSSR count). The molecule has 2 nitrogen and oxygen atoms in total. The molecular weight excluding hydrogens is 224 g/mol. The van der Waals surface area contributed by atoms with Gasteiger partial charge < -0.3 is 0 Å². The molecule has 3 aliphatic heterocycles. The van der Waals surface area contributed by atoms with E-state index in [0.29, 0.717) is 9.80 Å². The highest BCUT2D eigenvalue weighted by atomic mass is 19.3. The number of hydrogen-bond donors (Lipinski definition) is 0. The summed E-state index contributed by atoms with van der Waals surface area (Å²) >= 11 is 0. The number of piperazine rings is 3. The van der Waals surface area contributed by atoms with Crippen molar-refractivity contribution in [3.8, 4) is 0 Å². The van der Waals surface area contributed by atoms with Crippen LogP contribution in [-0.4, -0.2) is 46.1 Å². The second-order valence-electron chi connectivity index (χ2n) is 5.50. The molecule has 0 radical (unpaired) electrons. The van der Waals surface area contributed by atoms with E-state index in [1.807, 2.05) is 0 Å². The monoisotopic (exact) mass is 240 g/mol. The number of alkyl halides is 4. The Morgan fingerprint density at radius 1 is 0.688 bits per heavy atom. The first-order chi connectivity index (χ1) is 6.97. The quantitative estimate of drug-likeness (QED) is 0.474. The average Bonchev–Trinajstić information content (AvgIpc) is 2.06. The summed E-state index contributed by atoms with van der Waals surface area (Å²) in [6, 6.07) is -6.48. The van der Waals surface area contributed by atoms with E-state index in [2.05, 4.69) is 0 Å². The summed E-state index contributed by atoms with van der Waals surface area (Å²) < 4.78 is 56.3. The Bertz CT molecular complexity index is 265. The molecule has 0 amide bonds. The topological polar surface area (TPSA) is 6.48 Å². The summed E-state index contributed by atoms with van der Waals surface area (Å²) in [6.07, 6.45) is 0. The van der Waals surface area contributed by atoms with E-state index in [4.69, 9.17) is 0 Å². The zero-order chi connectivity index (χ0) is 12.6. The van der Waals surface area contributed by atoms with Gasteiger partial charge in [0.25, 0.3) is 0 Å². The Balaban J connectivity index is 2.59. The maximum atomic E-state index is 14.1. The number of halogens is 4. The predicted octanol–water partition coefficient (Wildman–Crippen LogP) is 2.36. The highest BCUT2D eigenvalue weighted by Crippen LogP contribution is 2.56. The third-order valence-corrected chi connectivity index (χ3v) is 4.05. The zero-order valence-electron chi connectivity index (χ0n) is 9.82. The van der Waals surface area contributed by atoms with Crippen molar-refractivity contribution < 1.29 is 17.6 Å². The summed E-state index contributed by atoms with van der Waals surface area (Å²) in [6.45, 7) is 4.62. The van der Waals surface area contributed by atoms with Gasteiger partial charge in [-0.05, 0) is 27.7 Å². The molecule has 3 aliphatic rings. The highest BCUT2D eigenvalue weighted by molar-refractivity contribution is 5.15. The number of hydrogen-bond acceptors (Lipinski definition) is 2. The van der Waals surface area contributed by atoms with Crippen molar-refractivity contribution in [2.45, 2.75) is 50.9 Å². The molecule has 2 bridgehead atoms.